The summed E-state index contributed by atoms with van der Waals surface area (Å²) < 4.78 is 29.6. The van der Waals surface area contributed by atoms with E-state index < -0.39 is 18.0 Å². The lowest BCUT2D eigenvalue weighted by molar-refractivity contribution is -0.139. The van der Waals surface area contributed by atoms with E-state index in [1.165, 1.54) is 43.3 Å². The van der Waals surface area contributed by atoms with Crippen LogP contribution in [0.3, 0.4) is 0 Å². The van der Waals surface area contributed by atoms with Gasteiger partial charge in [0.15, 0.2) is 0 Å². The maximum atomic E-state index is 13.2. The first kappa shape index (κ1) is 21.2. The van der Waals surface area contributed by atoms with Gasteiger partial charge in [-0.25, -0.2) is 14.0 Å². The highest BCUT2D eigenvalue weighted by molar-refractivity contribution is 5.95. The second-order valence-corrected chi connectivity index (χ2v) is 6.51. The molecule has 0 aromatic heterocycles. The van der Waals surface area contributed by atoms with Crippen LogP contribution < -0.4 is 14.8 Å². The van der Waals surface area contributed by atoms with E-state index >= 15 is 0 Å². The summed E-state index contributed by atoms with van der Waals surface area (Å²) in [4.78, 5) is 26.9. The van der Waals surface area contributed by atoms with E-state index in [9.17, 15) is 14.0 Å². The number of urea groups is 1. The molecular formula is C22H23FN2O5. The molecule has 1 N–H and O–H groups in total. The number of benzene rings is 2. The van der Waals surface area contributed by atoms with Gasteiger partial charge in [0, 0.05) is 12.6 Å². The monoisotopic (exact) mass is 414 g/mol. The summed E-state index contributed by atoms with van der Waals surface area (Å²) >= 11 is 0. The summed E-state index contributed by atoms with van der Waals surface area (Å²) in [5.41, 5.74) is 1.20. The molecule has 3 rings (SSSR count). The van der Waals surface area contributed by atoms with Crippen LogP contribution in [0.5, 0.6) is 11.5 Å². The predicted molar refractivity (Wildman–Crippen MR) is 108 cm³/mol. The summed E-state index contributed by atoms with van der Waals surface area (Å²) in [6, 6.07) is 11.4. The van der Waals surface area contributed by atoms with Crippen LogP contribution in [0.1, 0.15) is 18.5 Å². The molecule has 158 valence electrons. The average molecular weight is 414 g/mol. The maximum absolute atomic E-state index is 13.2. The quantitative estimate of drug-likeness (QED) is 0.703. The zero-order valence-corrected chi connectivity index (χ0v) is 17.0. The van der Waals surface area contributed by atoms with Gasteiger partial charge in [0.25, 0.3) is 0 Å². The first-order valence-electron chi connectivity index (χ1n) is 9.42. The molecule has 1 aliphatic rings. The Morgan fingerprint density at radius 2 is 1.87 bits per heavy atom. The molecule has 0 saturated carbocycles. The van der Waals surface area contributed by atoms with E-state index in [1.54, 1.807) is 31.2 Å². The molecule has 8 heteroatoms. The van der Waals surface area contributed by atoms with Crippen LogP contribution in [0.15, 0.2) is 59.8 Å². The van der Waals surface area contributed by atoms with Gasteiger partial charge < -0.3 is 19.5 Å². The molecule has 0 saturated heterocycles. The van der Waals surface area contributed by atoms with Gasteiger partial charge in [0.1, 0.15) is 23.9 Å². The van der Waals surface area contributed by atoms with E-state index in [0.29, 0.717) is 22.8 Å². The molecule has 1 heterocycles. The number of carbonyl (C=O) groups is 2. The van der Waals surface area contributed by atoms with Crippen molar-refractivity contribution in [3.05, 3.63) is 71.2 Å². The molecule has 0 aliphatic carbocycles. The Kier molecular flexibility index (Phi) is 6.56. The zero-order chi connectivity index (χ0) is 21.7. The van der Waals surface area contributed by atoms with Crippen molar-refractivity contribution in [1.82, 2.24) is 10.2 Å². The van der Waals surface area contributed by atoms with Gasteiger partial charge in [-0.2, -0.15) is 0 Å². The fourth-order valence-corrected chi connectivity index (χ4v) is 3.20. The first-order valence-corrected chi connectivity index (χ1v) is 9.42. The number of esters is 1. The minimum Gasteiger partial charge on any atom is -0.496 e. The van der Waals surface area contributed by atoms with Crippen molar-refractivity contribution < 1.29 is 28.2 Å². The van der Waals surface area contributed by atoms with Crippen LogP contribution >= 0.6 is 0 Å². The van der Waals surface area contributed by atoms with E-state index in [0.717, 1.165) is 0 Å². The molecule has 30 heavy (non-hydrogen) atoms. The summed E-state index contributed by atoms with van der Waals surface area (Å²) in [7, 11) is 3.05. The molecule has 0 unspecified atom stereocenters. The average Bonchev–Trinajstić information content (AvgIpc) is 2.75. The van der Waals surface area contributed by atoms with Gasteiger partial charge >= 0.3 is 12.0 Å². The van der Waals surface area contributed by atoms with Crippen molar-refractivity contribution >= 4 is 12.0 Å². The molecule has 0 bridgehead atoms. The molecule has 0 spiro atoms. The highest BCUT2D eigenvalue weighted by Gasteiger charge is 2.38. The number of halogens is 1. The molecular weight excluding hydrogens is 391 g/mol. The summed E-state index contributed by atoms with van der Waals surface area (Å²) in [5.74, 6) is -0.0366. The summed E-state index contributed by atoms with van der Waals surface area (Å²) in [6.45, 7) is 1.79. The Morgan fingerprint density at radius 3 is 2.53 bits per heavy atom. The molecule has 1 atom stereocenters. The van der Waals surface area contributed by atoms with Crippen molar-refractivity contribution in [1.29, 1.82) is 0 Å². The number of nitrogens with one attached hydrogen (secondary N) is 1. The number of amides is 2. The topological polar surface area (TPSA) is 77.1 Å². The molecule has 1 aliphatic heterocycles. The number of ether oxygens (including phenoxy) is 3. The maximum Gasteiger partial charge on any atom is 0.338 e. The minimum absolute atomic E-state index is 0.0879. The van der Waals surface area contributed by atoms with Crippen LogP contribution in [0.25, 0.3) is 0 Å². The third-order valence-electron chi connectivity index (χ3n) is 4.71. The molecule has 0 radical (unpaired) electrons. The number of rotatable bonds is 7. The van der Waals surface area contributed by atoms with Crippen LogP contribution in [0, 0.1) is 5.82 Å². The van der Waals surface area contributed by atoms with Gasteiger partial charge in [0.2, 0.25) is 0 Å². The smallest absolute Gasteiger partial charge is 0.338 e. The molecule has 2 aromatic rings. The second kappa shape index (κ2) is 9.30. The van der Waals surface area contributed by atoms with E-state index in [4.69, 9.17) is 14.2 Å². The lowest BCUT2D eigenvalue weighted by Gasteiger charge is -2.34. The number of methoxy groups -OCH3 is 1. The summed E-state index contributed by atoms with van der Waals surface area (Å²) in [5, 5.41) is 2.83. The third-order valence-corrected chi connectivity index (χ3v) is 4.71. The van der Waals surface area contributed by atoms with E-state index in [-0.39, 0.29) is 24.6 Å². The van der Waals surface area contributed by atoms with Crippen LogP contribution in [0.4, 0.5) is 9.18 Å². The number of likely N-dealkylation sites (N-methyl/N-ethyl adjacent to an activating group) is 1. The Morgan fingerprint density at radius 1 is 1.17 bits per heavy atom. The number of hydrogen-bond acceptors (Lipinski definition) is 5. The highest BCUT2D eigenvalue weighted by Crippen LogP contribution is 2.35. The normalized spacial score (nSPS) is 16.2. The highest BCUT2D eigenvalue weighted by atomic mass is 19.1. The number of para-hydroxylation sites is 1. The van der Waals surface area contributed by atoms with Crippen LogP contribution in [-0.2, 0) is 9.53 Å². The van der Waals surface area contributed by atoms with Crippen molar-refractivity contribution in [2.45, 2.75) is 13.0 Å². The van der Waals surface area contributed by atoms with Crippen molar-refractivity contribution in [2.75, 3.05) is 27.4 Å². The first-order chi connectivity index (χ1) is 14.5. The van der Waals surface area contributed by atoms with Gasteiger partial charge in [-0.15, -0.1) is 0 Å². The van der Waals surface area contributed by atoms with Crippen LogP contribution in [0.2, 0.25) is 0 Å². The predicted octanol–water partition coefficient (Wildman–Crippen LogP) is 3.43. The molecule has 2 amide bonds. The molecule has 0 fully saturated rings. The van der Waals surface area contributed by atoms with Crippen molar-refractivity contribution in [3.63, 3.8) is 0 Å². The Labute approximate surface area is 174 Å². The lowest BCUT2D eigenvalue weighted by atomic mass is 9.94. The van der Waals surface area contributed by atoms with Gasteiger partial charge in [-0.3, -0.25) is 4.90 Å². The van der Waals surface area contributed by atoms with Gasteiger partial charge in [-0.05, 0) is 37.3 Å². The number of nitrogens with zero attached hydrogens (tertiary/aromatic N) is 1. The fourth-order valence-electron chi connectivity index (χ4n) is 3.20. The molecule has 2 aromatic carbocycles. The van der Waals surface area contributed by atoms with Gasteiger partial charge in [0.05, 0.1) is 31.0 Å². The molecule has 7 nitrogen and oxygen atoms in total. The fraction of sp³-hybridized carbons (Fsp3) is 0.273. The Balaban J connectivity index is 2.05. The third kappa shape index (κ3) is 4.37. The minimum atomic E-state index is -0.782. The standard InChI is InChI=1S/C22H23FN2O5/c1-4-29-21(26)19-17(13-30-15-11-9-14(23)10-12-15)25(2)22(27)24-20(19)16-7-5-6-8-18(16)28-3/h5-12,20H,4,13H2,1-3H3,(H,24,27)/t20-/m1/s1. The Hall–Kier alpha value is -3.55. The van der Waals surface area contributed by atoms with E-state index in [2.05, 4.69) is 5.32 Å². The number of carbonyl (C=O) groups excluding carboxylic acids is 2. The van der Waals surface area contributed by atoms with Crippen molar-refractivity contribution in [3.8, 4) is 11.5 Å². The Bertz CT molecular complexity index is 958. The van der Waals surface area contributed by atoms with Crippen molar-refractivity contribution in [2.24, 2.45) is 0 Å². The zero-order valence-electron chi connectivity index (χ0n) is 17.0. The summed E-state index contributed by atoms with van der Waals surface area (Å²) in [6.07, 6.45) is 0. The van der Waals surface area contributed by atoms with Gasteiger partial charge in [-0.1, -0.05) is 18.2 Å². The second-order valence-electron chi connectivity index (χ2n) is 6.51. The van der Waals surface area contributed by atoms with E-state index in [1.807, 2.05) is 0 Å². The number of hydrogen-bond donors (Lipinski definition) is 1. The van der Waals surface area contributed by atoms with Crippen LogP contribution in [-0.4, -0.2) is 44.3 Å². The SMILES string of the molecule is CCOC(=O)C1=C(COc2ccc(F)cc2)N(C)C(=O)N[C@@H]1c1ccccc1OC. The lowest BCUT2D eigenvalue weighted by Crippen LogP contribution is -2.48. The largest absolute Gasteiger partial charge is 0.496 e.